The van der Waals surface area contributed by atoms with Crippen LogP contribution >= 0.6 is 15.6 Å². The number of phosphoric ester groups is 2. The standard InChI is InChI=1S/C11H12O8P2.2Ca.4H2O/c1-7-6-10(18-20(12,13)14)8-4-2-3-5-9(8)11(7)19-21(15,16)17;;;;;;/h2-6H,1H3,(H2,12,13,14)(H2,15,16,17);;;4*1H2. The van der Waals surface area contributed by atoms with E-state index in [4.69, 9.17) is 19.6 Å². The number of rotatable bonds is 4. The van der Waals surface area contributed by atoms with Crippen molar-refractivity contribution in [3.05, 3.63) is 35.9 Å². The molecule has 0 saturated carbocycles. The molecule has 12 nitrogen and oxygen atoms in total. The van der Waals surface area contributed by atoms with Gasteiger partial charge in [-0.3, -0.25) is 19.6 Å². The van der Waals surface area contributed by atoms with Crippen molar-refractivity contribution >= 4 is 102 Å². The van der Waals surface area contributed by atoms with E-state index in [1.807, 2.05) is 0 Å². The SMILES string of the molecule is Cc1cc(OP(=O)(O)O)c2ccccc2c1OP(=O)(O)O.O.O.O.O.[Ca].[Ca]. The molecule has 2 aromatic carbocycles. The molecule has 0 fully saturated rings. The van der Waals surface area contributed by atoms with Crippen LogP contribution in [0.3, 0.4) is 0 Å². The second-order valence-electron chi connectivity index (χ2n) is 4.23. The van der Waals surface area contributed by atoms with Crippen molar-refractivity contribution in [2.24, 2.45) is 0 Å². The molecule has 12 N–H and O–H groups in total. The molecule has 0 heterocycles. The zero-order valence-corrected chi connectivity index (χ0v) is 20.3. The Morgan fingerprint density at radius 2 is 1.19 bits per heavy atom. The average molecular weight is 486 g/mol. The maximum atomic E-state index is 11.0. The predicted octanol–water partition coefficient (Wildman–Crippen LogP) is -1.97. The maximum absolute atomic E-state index is 11.0. The first-order valence-corrected chi connectivity index (χ1v) is 8.65. The molecule has 0 bridgehead atoms. The number of phosphoric acid groups is 2. The van der Waals surface area contributed by atoms with Gasteiger partial charge in [-0.15, -0.1) is 0 Å². The van der Waals surface area contributed by atoms with Gasteiger partial charge in [0.05, 0.1) is 0 Å². The topological polar surface area (TPSA) is 260 Å². The molecule has 0 aliphatic carbocycles. The number of hydrogen-bond donors (Lipinski definition) is 4. The van der Waals surface area contributed by atoms with Crippen LogP contribution in [0.5, 0.6) is 11.5 Å². The molecule has 0 spiro atoms. The van der Waals surface area contributed by atoms with Gasteiger partial charge in [-0.2, -0.15) is 0 Å². The van der Waals surface area contributed by atoms with Gasteiger partial charge in [0.2, 0.25) is 0 Å². The average Bonchev–Trinajstić information content (AvgIpc) is 2.31. The summed E-state index contributed by atoms with van der Waals surface area (Å²) >= 11 is 0. The Morgan fingerprint density at radius 3 is 1.59 bits per heavy atom. The molecule has 2 aromatic rings. The van der Waals surface area contributed by atoms with E-state index in [9.17, 15) is 9.13 Å². The fraction of sp³-hybridized carbons (Fsp3) is 0.0909. The Labute approximate surface area is 213 Å². The van der Waals surface area contributed by atoms with Crippen LogP contribution in [0.2, 0.25) is 0 Å². The predicted molar refractivity (Wildman–Crippen MR) is 100.0 cm³/mol. The number of aryl methyl sites for hydroxylation is 1. The fourth-order valence-corrected chi connectivity index (χ4v) is 2.78. The van der Waals surface area contributed by atoms with Crippen LogP contribution in [0.15, 0.2) is 30.3 Å². The summed E-state index contributed by atoms with van der Waals surface area (Å²) in [7, 11) is -9.53. The smallest absolute Gasteiger partial charge is 0.412 e. The minimum absolute atomic E-state index is 0. The van der Waals surface area contributed by atoms with E-state index < -0.39 is 15.6 Å². The summed E-state index contributed by atoms with van der Waals surface area (Å²) in [6.45, 7) is 1.48. The molecule has 4 radical (unpaired) electrons. The zero-order chi connectivity index (χ0) is 15.8. The molecule has 2 rings (SSSR count). The Balaban J connectivity index is -0.000000269. The first kappa shape index (κ1) is 38.6. The van der Waals surface area contributed by atoms with Crippen molar-refractivity contribution in [2.45, 2.75) is 6.92 Å². The maximum Gasteiger partial charge on any atom is 0.524 e. The van der Waals surface area contributed by atoms with Gasteiger partial charge in [0.1, 0.15) is 11.5 Å². The van der Waals surface area contributed by atoms with Gasteiger partial charge in [-0.05, 0) is 18.6 Å². The van der Waals surface area contributed by atoms with E-state index in [1.54, 1.807) is 12.1 Å². The Bertz CT molecular complexity index is 790. The van der Waals surface area contributed by atoms with E-state index in [0.717, 1.165) is 0 Å². The Kier molecular flexibility index (Phi) is 21.2. The summed E-state index contributed by atoms with van der Waals surface area (Å²) in [5.74, 6) is -0.175. The van der Waals surface area contributed by atoms with Crippen LogP contribution < -0.4 is 9.05 Å². The summed E-state index contributed by atoms with van der Waals surface area (Å²) in [4.78, 5) is 35.7. The van der Waals surface area contributed by atoms with Crippen LogP contribution in [0.25, 0.3) is 10.8 Å². The van der Waals surface area contributed by atoms with Crippen molar-refractivity contribution in [3.8, 4) is 11.5 Å². The minimum Gasteiger partial charge on any atom is -0.412 e. The molecule has 0 aliphatic rings. The molecular weight excluding hydrogens is 466 g/mol. The summed E-state index contributed by atoms with van der Waals surface area (Å²) in [6, 6.07) is 7.42. The third-order valence-corrected chi connectivity index (χ3v) is 3.43. The van der Waals surface area contributed by atoms with Gasteiger partial charge in [0.15, 0.2) is 0 Å². The summed E-state index contributed by atoms with van der Waals surface area (Å²) in [5, 5.41) is 0.527. The molecule has 16 heteroatoms. The van der Waals surface area contributed by atoms with Crippen molar-refractivity contribution in [2.75, 3.05) is 0 Å². The quantitative estimate of drug-likeness (QED) is 0.277. The van der Waals surface area contributed by atoms with Gasteiger partial charge in [-0.25, -0.2) is 9.13 Å². The first-order chi connectivity index (χ1) is 9.57. The van der Waals surface area contributed by atoms with E-state index in [0.29, 0.717) is 0 Å². The summed E-state index contributed by atoms with van der Waals surface area (Å²) < 4.78 is 31.3. The molecule has 0 amide bonds. The van der Waals surface area contributed by atoms with Crippen molar-refractivity contribution in [3.63, 3.8) is 0 Å². The largest absolute Gasteiger partial charge is 0.524 e. The van der Waals surface area contributed by atoms with Crippen molar-refractivity contribution in [1.29, 1.82) is 0 Å². The summed E-state index contributed by atoms with van der Waals surface area (Å²) in [5.41, 5.74) is 0.264. The molecule has 27 heavy (non-hydrogen) atoms. The van der Waals surface area contributed by atoms with E-state index in [2.05, 4.69) is 9.05 Å². The third-order valence-electron chi connectivity index (χ3n) is 2.57. The third kappa shape index (κ3) is 11.7. The van der Waals surface area contributed by atoms with Crippen LogP contribution in [-0.4, -0.2) is 117 Å². The van der Waals surface area contributed by atoms with Gasteiger partial charge < -0.3 is 31.0 Å². The van der Waals surface area contributed by atoms with Crippen LogP contribution in [0.1, 0.15) is 5.56 Å². The monoisotopic (exact) mass is 486 g/mol. The zero-order valence-electron chi connectivity index (χ0n) is 14.1. The van der Waals surface area contributed by atoms with Gasteiger partial charge in [-0.1, -0.05) is 24.3 Å². The van der Waals surface area contributed by atoms with E-state index >= 15 is 0 Å². The molecule has 0 atom stereocenters. The number of benzene rings is 2. The number of hydrogen-bond acceptors (Lipinski definition) is 4. The van der Waals surface area contributed by atoms with Gasteiger partial charge >= 0.3 is 15.6 Å². The van der Waals surface area contributed by atoms with Crippen molar-refractivity contribution in [1.82, 2.24) is 0 Å². The van der Waals surface area contributed by atoms with Crippen molar-refractivity contribution < 1.29 is 59.7 Å². The normalized spacial score (nSPS) is 9.67. The number of fused-ring (bicyclic) bond motifs is 1. The molecule has 0 aliphatic heterocycles. The molecule has 0 aromatic heterocycles. The molecular formula is C11H20Ca2O12P2. The Morgan fingerprint density at radius 1 is 0.778 bits per heavy atom. The fourth-order valence-electron chi connectivity index (χ4n) is 1.89. The van der Waals surface area contributed by atoms with E-state index in [-0.39, 0.29) is 125 Å². The van der Waals surface area contributed by atoms with Crippen LogP contribution in [0.4, 0.5) is 0 Å². The van der Waals surface area contributed by atoms with E-state index in [1.165, 1.54) is 25.1 Å². The molecule has 0 unspecified atom stereocenters. The van der Waals surface area contributed by atoms with Crippen LogP contribution in [-0.2, 0) is 9.13 Å². The summed E-state index contributed by atoms with van der Waals surface area (Å²) in [6.07, 6.45) is 0. The van der Waals surface area contributed by atoms with Crippen LogP contribution in [0, 0.1) is 6.92 Å². The molecule has 0 saturated heterocycles. The Hall–Kier alpha value is 0.959. The van der Waals surface area contributed by atoms with Gasteiger partial charge in [0, 0.05) is 86.2 Å². The second kappa shape index (κ2) is 14.9. The second-order valence-corrected chi connectivity index (χ2v) is 6.56. The van der Waals surface area contributed by atoms with Gasteiger partial charge in [0.25, 0.3) is 0 Å². The minimum atomic E-state index is -4.77. The molecule has 150 valence electrons. The first-order valence-electron chi connectivity index (χ1n) is 5.59.